The largest absolute Gasteiger partial charge is 0.480 e. The van der Waals surface area contributed by atoms with Crippen LogP contribution in [0.4, 0.5) is 0 Å². The second kappa shape index (κ2) is 10.7. The number of rotatable bonds is 10. The molecule has 3 rings (SSSR count). The van der Waals surface area contributed by atoms with E-state index in [0.717, 1.165) is 5.56 Å². The number of aromatic amines is 1. The maximum Gasteiger partial charge on any atom is 0.326 e. The quantitative estimate of drug-likeness (QED) is 0.486. The van der Waals surface area contributed by atoms with E-state index in [0.29, 0.717) is 33.8 Å². The number of tetrazole rings is 1. The fraction of sp³-hybridized carbons (Fsp3) is 0.375. The maximum absolute atomic E-state index is 13.3. The van der Waals surface area contributed by atoms with Gasteiger partial charge in [0.15, 0.2) is 0 Å². The molecule has 1 aromatic heterocycles. The lowest BCUT2D eigenvalue weighted by molar-refractivity contribution is -0.153. The van der Waals surface area contributed by atoms with Gasteiger partial charge < -0.3 is 10.0 Å². The highest BCUT2D eigenvalue weighted by atomic mass is 16.4. The number of hydrogen-bond acceptors (Lipinski definition) is 5. The monoisotopic (exact) mass is 443 g/mol. The first kappa shape index (κ1) is 14.5. The van der Waals surface area contributed by atoms with Gasteiger partial charge in [0.25, 0.3) is 0 Å². The molecule has 2 aromatic carbocycles. The van der Waals surface area contributed by atoms with Crippen LogP contribution >= 0.6 is 0 Å². The highest BCUT2D eigenvalue weighted by Crippen LogP contribution is 2.30. The van der Waals surface area contributed by atoms with Crippen LogP contribution in [0.2, 0.25) is 0 Å². The van der Waals surface area contributed by atoms with Crippen molar-refractivity contribution in [2.45, 2.75) is 52.5 Å². The third-order valence-corrected chi connectivity index (χ3v) is 4.87. The van der Waals surface area contributed by atoms with Crippen LogP contribution in [-0.4, -0.2) is 48.5 Å². The zero-order valence-corrected chi connectivity index (χ0v) is 17.5. The Morgan fingerprint density at radius 3 is 2.47 bits per heavy atom. The van der Waals surface area contributed by atoms with Crippen LogP contribution in [0.3, 0.4) is 0 Å². The minimum atomic E-state index is -3.87. The summed E-state index contributed by atoms with van der Waals surface area (Å²) in [5.74, 6) is -6.69. The number of hydrogen-bond donors (Lipinski definition) is 2. The van der Waals surface area contributed by atoms with Gasteiger partial charge in [-0.25, -0.2) is 4.79 Å². The van der Waals surface area contributed by atoms with E-state index in [-0.39, 0.29) is 12.8 Å². The Bertz CT molecular complexity index is 1320. The zero-order valence-electron chi connectivity index (χ0n) is 25.5. The summed E-state index contributed by atoms with van der Waals surface area (Å²) in [4.78, 5) is 26.2. The lowest BCUT2D eigenvalue weighted by Gasteiger charge is -2.32. The molecule has 3 aromatic rings. The molecule has 8 nitrogen and oxygen atoms in total. The van der Waals surface area contributed by atoms with E-state index in [4.69, 9.17) is 11.0 Å². The molecule has 0 fully saturated rings. The number of nitrogens with zero attached hydrogens (tertiary/aromatic N) is 4. The number of H-pyrrole nitrogens is 1. The maximum atomic E-state index is 13.3. The molecule has 8 heteroatoms. The molecule has 0 bridgehead atoms. The summed E-state index contributed by atoms with van der Waals surface area (Å²) < 4.78 is 64.0. The van der Waals surface area contributed by atoms with E-state index in [9.17, 15) is 14.7 Å². The van der Waals surface area contributed by atoms with Crippen molar-refractivity contribution < 1.29 is 25.7 Å². The first-order chi connectivity index (χ1) is 18.6. The molecule has 168 valence electrons. The van der Waals surface area contributed by atoms with E-state index in [1.807, 2.05) is 6.07 Å². The molecule has 1 heterocycles. The van der Waals surface area contributed by atoms with Crippen molar-refractivity contribution in [2.24, 2.45) is 5.89 Å². The molecule has 0 spiro atoms. The van der Waals surface area contributed by atoms with Crippen LogP contribution in [-0.2, 0) is 16.1 Å². The third kappa shape index (κ3) is 5.38. The van der Waals surface area contributed by atoms with Crippen molar-refractivity contribution in [3.05, 3.63) is 54.1 Å². The van der Waals surface area contributed by atoms with Gasteiger partial charge in [0, 0.05) is 28.1 Å². The van der Waals surface area contributed by atoms with Crippen LogP contribution in [0, 0.1) is 5.89 Å². The number of carbonyl (C=O) groups excluding carboxylic acids is 1. The Labute approximate surface area is 198 Å². The fourth-order valence-electron chi connectivity index (χ4n) is 3.29. The van der Waals surface area contributed by atoms with Crippen LogP contribution in [0.5, 0.6) is 0 Å². The SMILES string of the molecule is [2H]C([2H])([2H])C([2H])(C([2H])([2H])[2H])C([2H])(C(=O)O)N(Cc1ccc(-c2ccccc2-c2nn[nH]n2)cc1)C(=O)CCCC. The number of benzene rings is 2. The van der Waals surface area contributed by atoms with Crippen molar-refractivity contribution in [2.75, 3.05) is 0 Å². The van der Waals surface area contributed by atoms with E-state index in [1.165, 1.54) is 0 Å². The highest BCUT2D eigenvalue weighted by Gasteiger charge is 2.32. The second-order valence-corrected chi connectivity index (χ2v) is 7.09. The summed E-state index contributed by atoms with van der Waals surface area (Å²) >= 11 is 0. The minimum Gasteiger partial charge on any atom is -0.480 e. The number of aliphatic carboxylic acids is 1. The highest BCUT2D eigenvalue weighted by molar-refractivity contribution is 5.84. The van der Waals surface area contributed by atoms with Crippen molar-refractivity contribution >= 4 is 11.9 Å². The molecule has 0 saturated heterocycles. The topological polar surface area (TPSA) is 112 Å². The molecule has 2 N–H and O–H groups in total. The first-order valence-corrected chi connectivity index (χ1v) is 10.1. The van der Waals surface area contributed by atoms with Gasteiger partial charge in [-0.3, -0.25) is 4.79 Å². The summed E-state index contributed by atoms with van der Waals surface area (Å²) in [6, 6.07) is 9.95. The minimum absolute atomic E-state index is 0.265. The molecule has 0 aliphatic carbocycles. The molecule has 0 aliphatic heterocycles. The first-order valence-electron chi connectivity index (χ1n) is 14.1. The smallest absolute Gasteiger partial charge is 0.326 e. The molecule has 0 aliphatic rings. The lowest BCUT2D eigenvalue weighted by atomic mass is 9.97. The van der Waals surface area contributed by atoms with Crippen molar-refractivity contribution in [1.82, 2.24) is 25.5 Å². The van der Waals surface area contributed by atoms with Gasteiger partial charge in [0.05, 0.1) is 1.37 Å². The van der Waals surface area contributed by atoms with Crippen molar-refractivity contribution in [3.8, 4) is 22.5 Å². The van der Waals surface area contributed by atoms with Gasteiger partial charge in [-0.2, -0.15) is 5.21 Å². The van der Waals surface area contributed by atoms with Gasteiger partial charge in [0.2, 0.25) is 11.7 Å². The van der Waals surface area contributed by atoms with E-state index in [2.05, 4.69) is 20.6 Å². The van der Waals surface area contributed by atoms with Gasteiger partial charge >= 0.3 is 5.97 Å². The van der Waals surface area contributed by atoms with Crippen molar-refractivity contribution in [1.29, 1.82) is 0 Å². The van der Waals surface area contributed by atoms with Crippen LogP contribution in [0.1, 0.15) is 56.4 Å². The summed E-state index contributed by atoms with van der Waals surface area (Å²) in [6.45, 7) is -6.36. The molecule has 0 saturated carbocycles. The molecular formula is C24H29N5O3. The van der Waals surface area contributed by atoms with Gasteiger partial charge in [-0.1, -0.05) is 75.6 Å². The second-order valence-electron chi connectivity index (χ2n) is 7.09. The number of aromatic nitrogens is 4. The number of nitrogens with one attached hydrogen (secondary N) is 1. The molecule has 1 atom stereocenters. The summed E-state index contributed by atoms with van der Waals surface area (Å²) in [7, 11) is 0. The number of unbranched alkanes of at least 4 members (excludes halogenated alkanes) is 1. The van der Waals surface area contributed by atoms with E-state index < -0.39 is 44.0 Å². The molecular weight excluding hydrogens is 406 g/mol. The van der Waals surface area contributed by atoms with Gasteiger partial charge in [0.1, 0.15) is 6.02 Å². The van der Waals surface area contributed by atoms with Crippen LogP contribution < -0.4 is 0 Å². The third-order valence-electron chi connectivity index (χ3n) is 4.87. The van der Waals surface area contributed by atoms with Gasteiger partial charge in [-0.05, 0) is 34.2 Å². The molecule has 1 amide bonds. The molecule has 0 radical (unpaired) electrons. The number of carboxylic acids is 1. The van der Waals surface area contributed by atoms with E-state index >= 15 is 0 Å². The van der Waals surface area contributed by atoms with E-state index in [1.54, 1.807) is 49.4 Å². The fourth-order valence-corrected chi connectivity index (χ4v) is 3.29. The number of carboxylic acid groups (broad SMARTS) is 1. The predicted octanol–water partition coefficient (Wildman–Crippen LogP) is 4.16. The van der Waals surface area contributed by atoms with Crippen molar-refractivity contribution in [3.63, 3.8) is 0 Å². The summed E-state index contributed by atoms with van der Waals surface area (Å²) in [5.41, 5.74) is 2.40. The Morgan fingerprint density at radius 2 is 1.88 bits per heavy atom. The predicted molar refractivity (Wildman–Crippen MR) is 121 cm³/mol. The van der Waals surface area contributed by atoms with Crippen LogP contribution in [0.25, 0.3) is 22.5 Å². The van der Waals surface area contributed by atoms with Gasteiger partial charge in [-0.15, -0.1) is 10.2 Å². The summed E-state index contributed by atoms with van der Waals surface area (Å²) in [5, 5.41) is 24.1. The summed E-state index contributed by atoms with van der Waals surface area (Å²) in [6.07, 6.45) is 0.540. The lowest BCUT2D eigenvalue weighted by Crippen LogP contribution is -2.47. The molecule has 32 heavy (non-hydrogen) atoms. The number of carbonyl (C=O) groups is 2. The molecule has 1 unspecified atom stereocenters. The Balaban J connectivity index is 2.10. The average molecular weight is 444 g/mol. The Morgan fingerprint density at radius 1 is 1.16 bits per heavy atom. The zero-order chi connectivity index (χ0) is 29.9. The normalized spacial score (nSPS) is 17.8. The average Bonchev–Trinajstić information content (AvgIpc) is 3.43. The Hall–Kier alpha value is -3.55. The standard InChI is InChI=1S/C24H29N5O3/c1-4-5-10-21(30)29(22(16(2)3)24(31)32)15-17-11-13-18(14-12-17)19-8-6-7-9-20(19)23-25-27-28-26-23/h6-9,11-14,16,22H,4-5,10,15H2,1-3H3,(H,31,32)(H,25,26,27,28)/i2D3,3D3,16D,22D. The van der Waals surface area contributed by atoms with Crippen LogP contribution in [0.15, 0.2) is 48.5 Å². The number of amides is 1. The Kier molecular flexibility index (Phi) is 4.83.